The van der Waals surface area contributed by atoms with E-state index in [1.807, 2.05) is 6.92 Å². The zero-order valence-electron chi connectivity index (χ0n) is 6.26. The summed E-state index contributed by atoms with van der Waals surface area (Å²) in [5.74, 6) is -0.269. The number of rotatable bonds is 1. The fraction of sp³-hybridized carbons (Fsp3) is 0.857. The third kappa shape index (κ3) is 1.48. The van der Waals surface area contributed by atoms with E-state index >= 15 is 0 Å². The first-order chi connectivity index (χ1) is 4.52. The summed E-state index contributed by atoms with van der Waals surface area (Å²) in [5, 5.41) is 8.91. The van der Waals surface area contributed by atoms with Crippen LogP contribution in [0.3, 0.4) is 0 Å². The lowest BCUT2D eigenvalue weighted by Gasteiger charge is -2.41. The number of ether oxygens (including phenoxy) is 1. The molecule has 3 nitrogen and oxygen atoms in total. The van der Waals surface area contributed by atoms with Crippen LogP contribution in [-0.4, -0.2) is 22.8 Å². The molecule has 0 aromatic heterocycles. The molecule has 1 aliphatic rings. The molecule has 0 aliphatic heterocycles. The molecule has 58 valence electrons. The van der Waals surface area contributed by atoms with Crippen LogP contribution in [0.4, 0.5) is 0 Å². The van der Waals surface area contributed by atoms with Gasteiger partial charge in [-0.05, 0) is 6.92 Å². The smallest absolute Gasteiger partial charge is 0.303 e. The van der Waals surface area contributed by atoms with Crippen LogP contribution >= 0.6 is 0 Å². The number of hydrogen-bond acceptors (Lipinski definition) is 3. The first-order valence-corrected chi connectivity index (χ1v) is 3.39. The summed E-state index contributed by atoms with van der Waals surface area (Å²) in [5.41, 5.74) is -0.384. The lowest BCUT2D eigenvalue weighted by Crippen LogP contribution is -2.47. The maximum Gasteiger partial charge on any atom is 0.303 e. The highest BCUT2D eigenvalue weighted by Crippen LogP contribution is 2.35. The van der Waals surface area contributed by atoms with Gasteiger partial charge in [0.05, 0.1) is 6.10 Å². The second-order valence-corrected chi connectivity index (χ2v) is 3.11. The van der Waals surface area contributed by atoms with E-state index in [-0.39, 0.29) is 17.7 Å². The lowest BCUT2D eigenvalue weighted by atomic mass is 9.79. The lowest BCUT2D eigenvalue weighted by molar-refractivity contribution is -0.176. The zero-order valence-corrected chi connectivity index (χ0v) is 6.26. The predicted molar refractivity (Wildman–Crippen MR) is 35.4 cm³/mol. The van der Waals surface area contributed by atoms with E-state index in [2.05, 4.69) is 0 Å². The summed E-state index contributed by atoms with van der Waals surface area (Å²) >= 11 is 0. The summed E-state index contributed by atoms with van der Waals surface area (Å²) in [6.07, 6.45) is 0.878. The molecule has 0 radical (unpaired) electrons. The molecular weight excluding hydrogens is 132 g/mol. The molecule has 1 N–H and O–H groups in total. The van der Waals surface area contributed by atoms with Crippen LogP contribution in [0, 0.1) is 0 Å². The highest BCUT2D eigenvalue weighted by Gasteiger charge is 2.42. The van der Waals surface area contributed by atoms with Crippen LogP contribution in [0.15, 0.2) is 0 Å². The third-order valence-corrected chi connectivity index (χ3v) is 1.72. The highest BCUT2D eigenvalue weighted by molar-refractivity contribution is 5.66. The van der Waals surface area contributed by atoms with Crippen LogP contribution in [0.1, 0.15) is 26.7 Å². The van der Waals surface area contributed by atoms with Crippen LogP contribution in [0.25, 0.3) is 0 Å². The maximum atomic E-state index is 10.5. The summed E-state index contributed by atoms with van der Waals surface area (Å²) in [7, 11) is 0. The van der Waals surface area contributed by atoms with E-state index in [1.165, 1.54) is 6.92 Å². The van der Waals surface area contributed by atoms with E-state index in [9.17, 15) is 4.79 Å². The van der Waals surface area contributed by atoms with E-state index in [1.54, 1.807) is 0 Å². The number of aliphatic hydroxyl groups excluding tert-OH is 1. The molecule has 1 saturated carbocycles. The molecule has 10 heavy (non-hydrogen) atoms. The molecule has 0 aromatic rings. The fourth-order valence-electron chi connectivity index (χ4n) is 1.37. The van der Waals surface area contributed by atoms with Crippen molar-refractivity contribution in [2.24, 2.45) is 0 Å². The number of hydrogen-bond donors (Lipinski definition) is 1. The Morgan fingerprint density at radius 3 is 2.50 bits per heavy atom. The molecular formula is C7H12O3. The number of aliphatic hydroxyl groups is 1. The second kappa shape index (κ2) is 2.23. The zero-order chi connectivity index (χ0) is 7.78. The van der Waals surface area contributed by atoms with Gasteiger partial charge in [-0.15, -0.1) is 0 Å². The van der Waals surface area contributed by atoms with Crippen molar-refractivity contribution in [1.82, 2.24) is 0 Å². The number of carbonyl (C=O) groups is 1. The van der Waals surface area contributed by atoms with Gasteiger partial charge in [0.25, 0.3) is 0 Å². The monoisotopic (exact) mass is 144 g/mol. The van der Waals surface area contributed by atoms with Gasteiger partial charge in [-0.1, -0.05) is 0 Å². The SMILES string of the molecule is CC(=O)OC1(C)CC(O)C1. The Morgan fingerprint density at radius 2 is 2.20 bits per heavy atom. The van der Waals surface area contributed by atoms with Crippen LogP contribution in [0.5, 0.6) is 0 Å². The van der Waals surface area contributed by atoms with Gasteiger partial charge in [-0.25, -0.2) is 0 Å². The Labute approximate surface area is 60.0 Å². The van der Waals surface area contributed by atoms with E-state index < -0.39 is 0 Å². The molecule has 0 heterocycles. The van der Waals surface area contributed by atoms with Crippen molar-refractivity contribution in [3.05, 3.63) is 0 Å². The molecule has 3 heteroatoms. The van der Waals surface area contributed by atoms with Crippen molar-refractivity contribution >= 4 is 5.97 Å². The first-order valence-electron chi connectivity index (χ1n) is 3.39. The highest BCUT2D eigenvalue weighted by atomic mass is 16.6. The van der Waals surface area contributed by atoms with Gasteiger partial charge in [0, 0.05) is 19.8 Å². The van der Waals surface area contributed by atoms with Gasteiger partial charge in [-0.2, -0.15) is 0 Å². The second-order valence-electron chi connectivity index (χ2n) is 3.11. The number of esters is 1. The molecule has 1 fully saturated rings. The van der Waals surface area contributed by atoms with Crippen molar-refractivity contribution in [3.8, 4) is 0 Å². The van der Waals surface area contributed by atoms with Crippen molar-refractivity contribution in [1.29, 1.82) is 0 Å². The molecule has 0 bridgehead atoms. The van der Waals surface area contributed by atoms with Gasteiger partial charge in [-0.3, -0.25) is 4.79 Å². The van der Waals surface area contributed by atoms with E-state index in [0.717, 1.165) is 0 Å². The number of carbonyl (C=O) groups excluding carboxylic acids is 1. The summed E-state index contributed by atoms with van der Waals surface area (Å²) in [6.45, 7) is 3.22. The summed E-state index contributed by atoms with van der Waals surface area (Å²) in [4.78, 5) is 10.5. The van der Waals surface area contributed by atoms with Gasteiger partial charge in [0.1, 0.15) is 5.60 Å². The van der Waals surface area contributed by atoms with Crippen LogP contribution < -0.4 is 0 Å². The Morgan fingerprint density at radius 1 is 1.70 bits per heavy atom. The fourth-order valence-corrected chi connectivity index (χ4v) is 1.37. The topological polar surface area (TPSA) is 46.5 Å². The Bertz CT molecular complexity index is 147. The minimum atomic E-state index is -0.384. The largest absolute Gasteiger partial charge is 0.459 e. The summed E-state index contributed by atoms with van der Waals surface area (Å²) in [6, 6.07) is 0. The molecule has 1 aliphatic carbocycles. The summed E-state index contributed by atoms with van der Waals surface area (Å²) < 4.78 is 4.95. The molecule has 0 unspecified atom stereocenters. The van der Waals surface area contributed by atoms with Crippen molar-refractivity contribution in [2.45, 2.75) is 38.4 Å². The Hall–Kier alpha value is -0.570. The molecule has 0 saturated heterocycles. The van der Waals surface area contributed by atoms with Gasteiger partial charge in [0.15, 0.2) is 0 Å². The normalized spacial score (nSPS) is 38.5. The van der Waals surface area contributed by atoms with Crippen LogP contribution in [0.2, 0.25) is 0 Å². The Kier molecular flexibility index (Phi) is 1.68. The van der Waals surface area contributed by atoms with E-state index in [0.29, 0.717) is 12.8 Å². The quantitative estimate of drug-likeness (QED) is 0.544. The van der Waals surface area contributed by atoms with E-state index in [4.69, 9.17) is 9.84 Å². The van der Waals surface area contributed by atoms with Crippen molar-refractivity contribution in [2.75, 3.05) is 0 Å². The molecule has 0 amide bonds. The third-order valence-electron chi connectivity index (χ3n) is 1.72. The molecule has 0 atom stereocenters. The molecule has 0 aromatic carbocycles. The van der Waals surface area contributed by atoms with Crippen LogP contribution in [-0.2, 0) is 9.53 Å². The van der Waals surface area contributed by atoms with Crippen molar-refractivity contribution in [3.63, 3.8) is 0 Å². The van der Waals surface area contributed by atoms with Gasteiger partial charge < -0.3 is 9.84 Å². The molecule has 0 spiro atoms. The average molecular weight is 144 g/mol. The maximum absolute atomic E-state index is 10.5. The van der Waals surface area contributed by atoms with Gasteiger partial charge >= 0.3 is 5.97 Å². The van der Waals surface area contributed by atoms with Gasteiger partial charge in [0.2, 0.25) is 0 Å². The minimum absolute atomic E-state index is 0.269. The average Bonchev–Trinajstić information content (AvgIpc) is 1.57. The predicted octanol–water partition coefficient (Wildman–Crippen LogP) is 0.463. The Balaban J connectivity index is 2.34. The minimum Gasteiger partial charge on any atom is -0.459 e. The standard InChI is InChI=1S/C7H12O3/c1-5(8)10-7(2)3-6(9)4-7/h6,9H,3-4H2,1-2H3. The molecule has 1 rings (SSSR count). The van der Waals surface area contributed by atoms with Crippen molar-refractivity contribution < 1.29 is 14.6 Å². The first kappa shape index (κ1) is 7.54.